The van der Waals surface area contributed by atoms with E-state index in [1.165, 1.54) is 0 Å². The number of nitrogens with two attached hydrogens (primary N) is 1. The summed E-state index contributed by atoms with van der Waals surface area (Å²) in [5.41, 5.74) is 5.38. The van der Waals surface area contributed by atoms with Crippen LogP contribution in [0.5, 0.6) is 0 Å². The Kier molecular flexibility index (Phi) is 4.96. The molecule has 0 saturated heterocycles. The average Bonchev–Trinajstić information content (AvgIpc) is 1.77. The van der Waals surface area contributed by atoms with Crippen LogP contribution < -0.4 is 5.73 Å². The fourth-order valence-corrected chi connectivity index (χ4v) is 2.13. The van der Waals surface area contributed by atoms with E-state index in [-0.39, 0.29) is 18.7 Å². The van der Waals surface area contributed by atoms with Crippen LogP contribution in [-0.4, -0.2) is 12.8 Å². The first-order valence-electron chi connectivity index (χ1n) is 4.21. The summed E-state index contributed by atoms with van der Waals surface area (Å²) in [6.45, 7) is 8.33. The molecule has 0 saturated carbocycles. The number of carbonyl (C=O) groups is 1. The Hall–Kier alpha value is 0.930. The number of amides is 1. The van der Waals surface area contributed by atoms with Crippen LogP contribution in [0.2, 0.25) is 0 Å². The van der Waals surface area contributed by atoms with Crippen LogP contribution in [0.25, 0.3) is 0 Å². The first kappa shape index (κ1) is 13.9. The fourth-order valence-electron chi connectivity index (χ4n) is 1.17. The molecule has 78 valence electrons. The number of halogens is 2. The summed E-state index contributed by atoms with van der Waals surface area (Å²) in [6.07, 6.45) is 0.832. The van der Waals surface area contributed by atoms with Gasteiger partial charge in [0.05, 0.1) is 5.92 Å². The molecule has 0 aromatic heterocycles. The highest BCUT2D eigenvalue weighted by molar-refractivity contribution is 14.1. The first-order valence-corrected chi connectivity index (χ1v) is 6.37. The maximum atomic E-state index is 11.2. The van der Waals surface area contributed by atoms with Gasteiger partial charge in [-0.3, -0.25) is 4.79 Å². The smallest absolute Gasteiger partial charge is 0.221 e. The van der Waals surface area contributed by atoms with Gasteiger partial charge >= 0.3 is 0 Å². The second-order valence-electron chi connectivity index (χ2n) is 4.44. The summed E-state index contributed by atoms with van der Waals surface area (Å²) in [7, 11) is 0. The molecule has 0 aliphatic heterocycles. The van der Waals surface area contributed by atoms with E-state index in [4.69, 9.17) is 5.73 Å². The maximum absolute atomic E-state index is 11.2. The summed E-state index contributed by atoms with van der Waals surface area (Å²) in [4.78, 5) is 11.2. The zero-order valence-electron chi connectivity index (χ0n) is 8.53. The summed E-state index contributed by atoms with van der Waals surface area (Å²) in [6, 6.07) is 0. The summed E-state index contributed by atoms with van der Waals surface area (Å²) in [5.74, 6) is -0.246. The zero-order chi connectivity index (χ0) is 10.9. The molecule has 0 heterocycles. The van der Waals surface area contributed by atoms with Gasteiger partial charge in [0.15, 0.2) is 0 Å². The van der Waals surface area contributed by atoms with Gasteiger partial charge in [0.25, 0.3) is 0 Å². The van der Waals surface area contributed by atoms with Crippen molar-refractivity contribution in [2.45, 2.75) is 41.0 Å². The molecule has 13 heavy (non-hydrogen) atoms. The largest absolute Gasteiger partial charge is 0.369 e. The van der Waals surface area contributed by atoms with Crippen molar-refractivity contribution in [3.63, 3.8) is 0 Å². The lowest BCUT2D eigenvalue weighted by Crippen LogP contribution is -2.39. The van der Waals surface area contributed by atoms with Crippen molar-refractivity contribution in [3.8, 4) is 0 Å². The van der Waals surface area contributed by atoms with Crippen molar-refractivity contribution < 1.29 is 4.79 Å². The topological polar surface area (TPSA) is 43.1 Å². The highest BCUT2D eigenvalue weighted by Gasteiger charge is 2.35. The van der Waals surface area contributed by atoms with Crippen LogP contribution >= 0.6 is 45.2 Å². The third kappa shape index (κ3) is 6.09. The highest BCUT2D eigenvalue weighted by atomic mass is 127. The van der Waals surface area contributed by atoms with Crippen molar-refractivity contribution in [2.75, 3.05) is 0 Å². The van der Waals surface area contributed by atoms with Crippen LogP contribution in [0.15, 0.2) is 0 Å². The second-order valence-corrected chi connectivity index (χ2v) is 10.1. The molecule has 2 nitrogen and oxygen atoms in total. The van der Waals surface area contributed by atoms with E-state index in [1.54, 1.807) is 0 Å². The Morgan fingerprint density at radius 1 is 1.31 bits per heavy atom. The van der Waals surface area contributed by atoms with Crippen LogP contribution in [-0.2, 0) is 4.79 Å². The molecule has 0 bridgehead atoms. The maximum Gasteiger partial charge on any atom is 0.221 e. The van der Waals surface area contributed by atoms with Crippen LogP contribution in [0.1, 0.15) is 34.1 Å². The monoisotopic (exact) mass is 409 g/mol. The molecule has 1 unspecified atom stereocenters. The van der Waals surface area contributed by atoms with Gasteiger partial charge in [0.2, 0.25) is 5.91 Å². The predicted octanol–water partition coefficient (Wildman–Crippen LogP) is 2.91. The van der Waals surface area contributed by atoms with E-state index >= 15 is 0 Å². The number of alkyl halides is 2. The third-order valence-corrected chi connectivity index (χ3v) is 3.05. The standard InChI is InChI=1S/C9H17I2NO/c1-8(2,10)5-6(7(12)13)9(3,4)11/h6H,5H2,1-4H3,(H2,12,13). The molecular formula is C9H17I2NO. The molecule has 0 aromatic carbocycles. The van der Waals surface area contributed by atoms with Gasteiger partial charge in [-0.15, -0.1) is 0 Å². The molecule has 0 aromatic rings. The minimum absolute atomic E-state index is 0.0556. The molecule has 0 rings (SSSR count). The van der Waals surface area contributed by atoms with Gasteiger partial charge in [0.1, 0.15) is 0 Å². The Labute approximate surface area is 108 Å². The van der Waals surface area contributed by atoms with Crippen molar-refractivity contribution >= 4 is 51.1 Å². The minimum atomic E-state index is -0.191. The van der Waals surface area contributed by atoms with Crippen LogP contribution in [0.3, 0.4) is 0 Å². The molecule has 0 fully saturated rings. The fraction of sp³-hybridized carbons (Fsp3) is 0.889. The van der Waals surface area contributed by atoms with Gasteiger partial charge in [-0.05, 0) is 6.42 Å². The SMILES string of the molecule is CC(C)(I)CC(C(N)=O)C(C)(C)I. The van der Waals surface area contributed by atoms with Crippen LogP contribution in [0, 0.1) is 5.92 Å². The van der Waals surface area contributed by atoms with Gasteiger partial charge in [0, 0.05) is 6.84 Å². The summed E-state index contributed by atoms with van der Waals surface area (Å²) < 4.78 is 0.0614. The van der Waals surface area contributed by atoms with Crippen molar-refractivity contribution in [1.82, 2.24) is 0 Å². The quantitative estimate of drug-likeness (QED) is 0.564. The normalized spacial score (nSPS) is 15.5. The molecular weight excluding hydrogens is 392 g/mol. The van der Waals surface area contributed by atoms with E-state index in [2.05, 4.69) is 59.0 Å². The highest BCUT2D eigenvalue weighted by Crippen LogP contribution is 2.36. The average molecular weight is 409 g/mol. The number of carbonyl (C=O) groups excluding carboxylic acids is 1. The molecule has 0 aliphatic carbocycles. The molecule has 2 N–H and O–H groups in total. The molecule has 0 aliphatic rings. The van der Waals surface area contributed by atoms with Gasteiger partial charge < -0.3 is 5.73 Å². The Bertz CT molecular complexity index is 191. The van der Waals surface area contributed by atoms with Gasteiger partial charge in [-0.1, -0.05) is 72.9 Å². The van der Waals surface area contributed by atoms with E-state index in [9.17, 15) is 4.79 Å². The van der Waals surface area contributed by atoms with Crippen LogP contribution in [0.4, 0.5) is 0 Å². The van der Waals surface area contributed by atoms with Crippen molar-refractivity contribution in [1.29, 1.82) is 0 Å². The van der Waals surface area contributed by atoms with Gasteiger partial charge in [-0.2, -0.15) is 0 Å². The predicted molar refractivity (Wildman–Crippen MR) is 73.5 cm³/mol. The second kappa shape index (κ2) is 4.63. The third-order valence-electron chi connectivity index (χ3n) is 1.86. The lowest BCUT2D eigenvalue weighted by Gasteiger charge is -2.30. The minimum Gasteiger partial charge on any atom is -0.369 e. The Morgan fingerprint density at radius 3 is 1.77 bits per heavy atom. The lowest BCUT2D eigenvalue weighted by atomic mass is 9.87. The Morgan fingerprint density at radius 2 is 1.69 bits per heavy atom. The van der Waals surface area contributed by atoms with E-state index in [0.29, 0.717) is 0 Å². The number of primary amides is 1. The number of hydrogen-bond acceptors (Lipinski definition) is 1. The first-order chi connectivity index (χ1) is 5.54. The zero-order valence-corrected chi connectivity index (χ0v) is 12.8. The molecule has 4 heteroatoms. The van der Waals surface area contributed by atoms with E-state index in [0.717, 1.165) is 6.42 Å². The number of rotatable bonds is 4. The van der Waals surface area contributed by atoms with Gasteiger partial charge in [-0.25, -0.2) is 0 Å². The van der Waals surface area contributed by atoms with E-state index < -0.39 is 0 Å². The summed E-state index contributed by atoms with van der Waals surface area (Å²) >= 11 is 4.64. The van der Waals surface area contributed by atoms with Crippen molar-refractivity contribution in [2.24, 2.45) is 11.7 Å². The summed E-state index contributed by atoms with van der Waals surface area (Å²) in [5, 5.41) is 0. The lowest BCUT2D eigenvalue weighted by molar-refractivity contribution is -0.122. The molecule has 1 atom stereocenters. The number of hydrogen-bond donors (Lipinski definition) is 1. The Balaban J connectivity index is 4.56. The molecule has 1 amide bonds. The molecule has 0 spiro atoms. The van der Waals surface area contributed by atoms with E-state index in [1.807, 2.05) is 13.8 Å². The van der Waals surface area contributed by atoms with Crippen molar-refractivity contribution in [3.05, 3.63) is 0 Å². The molecule has 0 radical (unpaired) electrons.